The lowest BCUT2D eigenvalue weighted by Gasteiger charge is -2.11. The molecule has 0 aliphatic rings. The van der Waals surface area contributed by atoms with Gasteiger partial charge in [-0.1, -0.05) is 28.1 Å². The first-order chi connectivity index (χ1) is 9.22. The van der Waals surface area contributed by atoms with Gasteiger partial charge in [-0.2, -0.15) is 0 Å². The molecule has 4 heteroatoms. The van der Waals surface area contributed by atoms with Crippen molar-refractivity contribution in [2.75, 3.05) is 7.11 Å². The van der Waals surface area contributed by atoms with Crippen LogP contribution in [0.5, 0.6) is 11.5 Å². The summed E-state index contributed by atoms with van der Waals surface area (Å²) >= 11 is 3.42. The minimum Gasteiger partial charge on any atom is -0.497 e. The zero-order valence-electron chi connectivity index (χ0n) is 10.6. The van der Waals surface area contributed by atoms with Gasteiger partial charge in [0.1, 0.15) is 18.1 Å². The summed E-state index contributed by atoms with van der Waals surface area (Å²) in [6.07, 6.45) is 0. The van der Waals surface area contributed by atoms with Crippen LogP contribution in [-0.2, 0) is 13.2 Å². The van der Waals surface area contributed by atoms with Crippen molar-refractivity contribution in [3.05, 3.63) is 58.1 Å². The molecule has 0 saturated carbocycles. The van der Waals surface area contributed by atoms with Crippen LogP contribution in [0.3, 0.4) is 0 Å². The van der Waals surface area contributed by atoms with Gasteiger partial charge in [0.15, 0.2) is 0 Å². The molecule has 0 aliphatic carbocycles. The van der Waals surface area contributed by atoms with Gasteiger partial charge in [0, 0.05) is 10.0 Å². The molecule has 2 aromatic carbocycles. The van der Waals surface area contributed by atoms with Gasteiger partial charge in [-0.3, -0.25) is 0 Å². The molecular formula is C15H15BrO3. The van der Waals surface area contributed by atoms with E-state index < -0.39 is 0 Å². The van der Waals surface area contributed by atoms with Crippen molar-refractivity contribution in [2.45, 2.75) is 13.2 Å². The number of hydrogen-bond donors (Lipinski definition) is 1. The van der Waals surface area contributed by atoms with Crippen LogP contribution >= 0.6 is 15.9 Å². The first-order valence-corrected chi connectivity index (χ1v) is 6.67. The summed E-state index contributed by atoms with van der Waals surface area (Å²) in [6, 6.07) is 13.3. The number of methoxy groups -OCH3 is 1. The molecule has 0 spiro atoms. The first kappa shape index (κ1) is 13.9. The van der Waals surface area contributed by atoms with E-state index in [1.165, 1.54) is 0 Å². The van der Waals surface area contributed by atoms with E-state index in [1.807, 2.05) is 36.4 Å². The van der Waals surface area contributed by atoms with E-state index in [-0.39, 0.29) is 6.61 Å². The largest absolute Gasteiger partial charge is 0.497 e. The molecule has 0 unspecified atom stereocenters. The zero-order valence-corrected chi connectivity index (χ0v) is 12.2. The minimum atomic E-state index is -0.0784. The summed E-state index contributed by atoms with van der Waals surface area (Å²) < 4.78 is 11.9. The number of benzene rings is 2. The lowest BCUT2D eigenvalue weighted by molar-refractivity contribution is 0.258. The Bertz CT molecular complexity index is 555. The van der Waals surface area contributed by atoms with E-state index in [0.29, 0.717) is 23.7 Å². The van der Waals surface area contributed by atoms with Gasteiger partial charge in [0.2, 0.25) is 0 Å². The molecule has 0 atom stereocenters. The third-order valence-electron chi connectivity index (χ3n) is 2.72. The molecule has 0 radical (unpaired) electrons. The maximum absolute atomic E-state index is 9.34. The number of aliphatic hydroxyl groups excluding tert-OH is 1. The zero-order chi connectivity index (χ0) is 13.7. The monoisotopic (exact) mass is 322 g/mol. The predicted molar refractivity (Wildman–Crippen MR) is 77.4 cm³/mol. The molecular weight excluding hydrogens is 308 g/mol. The Balaban J connectivity index is 2.11. The molecule has 0 amide bonds. The lowest BCUT2D eigenvalue weighted by atomic mass is 10.2. The first-order valence-electron chi connectivity index (χ1n) is 5.88. The normalized spacial score (nSPS) is 10.3. The van der Waals surface area contributed by atoms with E-state index in [2.05, 4.69) is 15.9 Å². The van der Waals surface area contributed by atoms with Crippen LogP contribution in [-0.4, -0.2) is 12.2 Å². The van der Waals surface area contributed by atoms with Crippen molar-refractivity contribution in [2.24, 2.45) is 0 Å². The van der Waals surface area contributed by atoms with Crippen molar-refractivity contribution in [1.29, 1.82) is 0 Å². The highest BCUT2D eigenvalue weighted by atomic mass is 79.9. The Morgan fingerprint density at radius 1 is 1.16 bits per heavy atom. The van der Waals surface area contributed by atoms with E-state index in [4.69, 9.17) is 9.47 Å². The van der Waals surface area contributed by atoms with Crippen LogP contribution in [0.1, 0.15) is 11.1 Å². The van der Waals surface area contributed by atoms with Crippen LogP contribution in [0.2, 0.25) is 0 Å². The minimum absolute atomic E-state index is 0.0784. The molecule has 2 rings (SSSR count). The second-order valence-electron chi connectivity index (χ2n) is 4.05. The molecule has 0 fully saturated rings. The van der Waals surface area contributed by atoms with Crippen molar-refractivity contribution >= 4 is 15.9 Å². The summed E-state index contributed by atoms with van der Waals surface area (Å²) in [5.41, 5.74) is 1.78. The highest BCUT2D eigenvalue weighted by molar-refractivity contribution is 9.10. The lowest BCUT2D eigenvalue weighted by Crippen LogP contribution is -1.99. The fourth-order valence-corrected chi connectivity index (χ4v) is 2.18. The van der Waals surface area contributed by atoms with Crippen LogP contribution in [0, 0.1) is 0 Å². The van der Waals surface area contributed by atoms with Crippen LogP contribution in [0.15, 0.2) is 46.9 Å². The summed E-state index contributed by atoms with van der Waals surface area (Å²) in [4.78, 5) is 0. The topological polar surface area (TPSA) is 38.7 Å². The third-order valence-corrected chi connectivity index (χ3v) is 3.21. The number of hydrogen-bond acceptors (Lipinski definition) is 3. The summed E-state index contributed by atoms with van der Waals surface area (Å²) in [5, 5.41) is 9.34. The van der Waals surface area contributed by atoms with Crippen molar-refractivity contribution < 1.29 is 14.6 Å². The number of ether oxygens (including phenoxy) is 2. The Hall–Kier alpha value is -1.52. The molecule has 0 aromatic heterocycles. The molecule has 19 heavy (non-hydrogen) atoms. The summed E-state index contributed by atoms with van der Waals surface area (Å²) in [6.45, 7) is 0.379. The third kappa shape index (κ3) is 3.72. The standard InChI is InChI=1S/C15H15BrO3/c1-18-14-5-6-15(12(8-14)9-17)19-10-11-3-2-4-13(16)7-11/h2-8,17H,9-10H2,1H3. The second-order valence-corrected chi connectivity index (χ2v) is 4.97. The average molecular weight is 323 g/mol. The fourth-order valence-electron chi connectivity index (χ4n) is 1.73. The summed E-state index contributed by atoms with van der Waals surface area (Å²) in [5.74, 6) is 1.38. The number of rotatable bonds is 5. The number of aliphatic hydroxyl groups is 1. The molecule has 0 heterocycles. The highest BCUT2D eigenvalue weighted by Gasteiger charge is 2.05. The van der Waals surface area contributed by atoms with Gasteiger partial charge in [0.25, 0.3) is 0 Å². The van der Waals surface area contributed by atoms with Gasteiger partial charge in [-0.25, -0.2) is 0 Å². The number of halogens is 1. The van der Waals surface area contributed by atoms with Gasteiger partial charge in [0.05, 0.1) is 13.7 Å². The van der Waals surface area contributed by atoms with Gasteiger partial charge in [-0.05, 0) is 35.9 Å². The van der Waals surface area contributed by atoms with Crippen molar-refractivity contribution in [1.82, 2.24) is 0 Å². The van der Waals surface area contributed by atoms with Gasteiger partial charge < -0.3 is 14.6 Å². The van der Waals surface area contributed by atoms with Gasteiger partial charge in [-0.15, -0.1) is 0 Å². The maximum atomic E-state index is 9.34. The fraction of sp³-hybridized carbons (Fsp3) is 0.200. The maximum Gasteiger partial charge on any atom is 0.125 e. The Labute approximate surface area is 120 Å². The highest BCUT2D eigenvalue weighted by Crippen LogP contribution is 2.25. The van der Waals surface area contributed by atoms with Crippen molar-refractivity contribution in [3.63, 3.8) is 0 Å². The van der Waals surface area contributed by atoms with Gasteiger partial charge >= 0.3 is 0 Å². The molecule has 0 saturated heterocycles. The molecule has 1 N–H and O–H groups in total. The van der Waals surface area contributed by atoms with Crippen LogP contribution in [0.25, 0.3) is 0 Å². The molecule has 0 aliphatic heterocycles. The van der Waals surface area contributed by atoms with E-state index >= 15 is 0 Å². The Morgan fingerprint density at radius 2 is 2.00 bits per heavy atom. The van der Waals surface area contributed by atoms with E-state index in [1.54, 1.807) is 13.2 Å². The van der Waals surface area contributed by atoms with E-state index in [0.717, 1.165) is 10.0 Å². The second kappa shape index (κ2) is 6.59. The molecule has 3 nitrogen and oxygen atoms in total. The van der Waals surface area contributed by atoms with E-state index in [9.17, 15) is 5.11 Å². The van der Waals surface area contributed by atoms with Crippen LogP contribution in [0.4, 0.5) is 0 Å². The smallest absolute Gasteiger partial charge is 0.125 e. The molecule has 100 valence electrons. The molecule has 0 bridgehead atoms. The van der Waals surface area contributed by atoms with Crippen LogP contribution < -0.4 is 9.47 Å². The molecule has 2 aromatic rings. The SMILES string of the molecule is COc1ccc(OCc2cccc(Br)c2)c(CO)c1. The quantitative estimate of drug-likeness (QED) is 0.915. The average Bonchev–Trinajstić information content (AvgIpc) is 2.45. The summed E-state index contributed by atoms with van der Waals surface area (Å²) in [7, 11) is 1.60. The Morgan fingerprint density at radius 3 is 2.68 bits per heavy atom. The van der Waals surface area contributed by atoms with Crippen molar-refractivity contribution in [3.8, 4) is 11.5 Å². The Kier molecular flexibility index (Phi) is 4.82. The predicted octanol–water partition coefficient (Wildman–Crippen LogP) is 3.53.